The minimum absolute atomic E-state index is 0.0316. The van der Waals surface area contributed by atoms with Gasteiger partial charge in [0.05, 0.1) is 17.5 Å². The van der Waals surface area contributed by atoms with E-state index in [-0.39, 0.29) is 12.3 Å². The molecule has 0 radical (unpaired) electrons. The largest absolute Gasteiger partial charge is 0.456 e. The van der Waals surface area contributed by atoms with E-state index in [2.05, 4.69) is 20.5 Å². The summed E-state index contributed by atoms with van der Waals surface area (Å²) in [5.41, 5.74) is 15.3. The number of aromatic nitrogens is 3. The molecule has 2 aromatic heterocycles. The Bertz CT molecular complexity index is 1390. The van der Waals surface area contributed by atoms with Crippen LogP contribution in [0.2, 0.25) is 0 Å². The second-order valence-electron chi connectivity index (χ2n) is 8.94. The van der Waals surface area contributed by atoms with Gasteiger partial charge in [0, 0.05) is 17.3 Å². The number of esters is 1. The van der Waals surface area contributed by atoms with Crippen LogP contribution in [0.15, 0.2) is 54.7 Å². The van der Waals surface area contributed by atoms with Crippen molar-refractivity contribution in [3.63, 3.8) is 0 Å². The molecule has 0 atom stereocenters. The van der Waals surface area contributed by atoms with Gasteiger partial charge in [0.2, 0.25) is 5.91 Å². The third kappa shape index (κ3) is 5.15. The molecule has 0 aliphatic carbocycles. The van der Waals surface area contributed by atoms with Crippen LogP contribution < -0.4 is 16.8 Å². The van der Waals surface area contributed by atoms with E-state index in [9.17, 15) is 9.59 Å². The molecular weight excluding hydrogens is 432 g/mol. The van der Waals surface area contributed by atoms with Gasteiger partial charge in [0.1, 0.15) is 11.4 Å². The highest BCUT2D eigenvalue weighted by molar-refractivity contribution is 5.95. The summed E-state index contributed by atoms with van der Waals surface area (Å²) in [6.07, 6.45) is 1.65. The number of ether oxygens (including phenoxy) is 1. The smallest absolute Gasteiger partial charge is 0.338 e. The average molecular weight is 459 g/mol. The normalized spacial score (nSPS) is 11.4. The maximum Gasteiger partial charge on any atom is 0.338 e. The quantitative estimate of drug-likeness (QED) is 0.261. The minimum atomic E-state index is -0.608. The van der Waals surface area contributed by atoms with Gasteiger partial charge in [-0.3, -0.25) is 9.89 Å². The number of amides is 1. The Hall–Kier alpha value is -4.40. The van der Waals surface area contributed by atoms with E-state index in [4.69, 9.17) is 16.2 Å². The predicted octanol–water partition coefficient (Wildman–Crippen LogP) is 3.93. The van der Waals surface area contributed by atoms with E-state index in [1.54, 1.807) is 45.2 Å². The van der Waals surface area contributed by atoms with Gasteiger partial charge in [-0.1, -0.05) is 12.1 Å². The Kier molecular flexibility index (Phi) is 5.93. The van der Waals surface area contributed by atoms with Gasteiger partial charge < -0.3 is 21.5 Å². The van der Waals surface area contributed by atoms with Crippen molar-refractivity contribution in [3.8, 4) is 11.1 Å². The highest BCUT2D eigenvalue weighted by atomic mass is 16.6. The summed E-state index contributed by atoms with van der Waals surface area (Å²) in [4.78, 5) is 29.1. The van der Waals surface area contributed by atoms with E-state index in [1.807, 2.05) is 24.3 Å². The van der Waals surface area contributed by atoms with Gasteiger partial charge in [-0.2, -0.15) is 5.10 Å². The number of nitrogen functional groups attached to an aromatic ring is 2. The lowest BCUT2D eigenvalue weighted by atomic mass is 10.0. The van der Waals surface area contributed by atoms with E-state index in [0.29, 0.717) is 28.5 Å². The van der Waals surface area contributed by atoms with Gasteiger partial charge in [0.15, 0.2) is 5.82 Å². The fourth-order valence-corrected chi connectivity index (χ4v) is 3.47. The number of nitrogens with two attached hydrogens (primary N) is 2. The summed E-state index contributed by atoms with van der Waals surface area (Å²) >= 11 is 0. The van der Waals surface area contributed by atoms with Gasteiger partial charge in [0.25, 0.3) is 0 Å². The fourth-order valence-electron chi connectivity index (χ4n) is 3.47. The molecular formula is C25H26N6O3. The zero-order chi connectivity index (χ0) is 24.5. The van der Waals surface area contributed by atoms with Crippen LogP contribution >= 0.6 is 0 Å². The number of benzene rings is 2. The van der Waals surface area contributed by atoms with Crippen molar-refractivity contribution in [2.45, 2.75) is 32.8 Å². The van der Waals surface area contributed by atoms with Crippen LogP contribution in [-0.4, -0.2) is 32.7 Å². The van der Waals surface area contributed by atoms with Crippen molar-refractivity contribution >= 4 is 40.1 Å². The molecule has 0 aliphatic rings. The predicted molar refractivity (Wildman–Crippen MR) is 132 cm³/mol. The maximum absolute atomic E-state index is 12.6. The molecule has 4 aromatic rings. The third-order valence-corrected chi connectivity index (χ3v) is 5.08. The number of fused-ring (bicyclic) bond motifs is 1. The van der Waals surface area contributed by atoms with Gasteiger partial charge in [-0.05, 0) is 73.9 Å². The van der Waals surface area contributed by atoms with Crippen LogP contribution in [0.4, 0.5) is 17.3 Å². The molecule has 9 nitrogen and oxygen atoms in total. The van der Waals surface area contributed by atoms with E-state index >= 15 is 0 Å². The van der Waals surface area contributed by atoms with Crippen LogP contribution in [0, 0.1) is 0 Å². The lowest BCUT2D eigenvalue weighted by molar-refractivity contribution is -0.115. The molecule has 2 aromatic carbocycles. The Labute approximate surface area is 196 Å². The second kappa shape index (κ2) is 8.86. The summed E-state index contributed by atoms with van der Waals surface area (Å²) in [7, 11) is 0. The number of nitrogens with one attached hydrogen (secondary N) is 2. The molecule has 4 rings (SSSR count). The lowest BCUT2D eigenvalue weighted by Gasteiger charge is -2.19. The zero-order valence-corrected chi connectivity index (χ0v) is 19.2. The molecule has 0 aliphatic heterocycles. The highest BCUT2D eigenvalue weighted by Gasteiger charge is 2.19. The molecule has 6 N–H and O–H groups in total. The molecule has 1 amide bonds. The van der Waals surface area contributed by atoms with E-state index in [0.717, 1.165) is 22.0 Å². The Balaban J connectivity index is 1.46. The molecule has 2 heterocycles. The number of hydrogen-bond donors (Lipinski definition) is 4. The summed E-state index contributed by atoms with van der Waals surface area (Å²) < 4.78 is 5.36. The van der Waals surface area contributed by atoms with Gasteiger partial charge in [-0.15, -0.1) is 0 Å². The minimum Gasteiger partial charge on any atom is -0.456 e. The molecule has 0 bridgehead atoms. The van der Waals surface area contributed by atoms with Crippen molar-refractivity contribution < 1.29 is 14.3 Å². The maximum atomic E-state index is 12.6. The molecule has 34 heavy (non-hydrogen) atoms. The fraction of sp³-hybridized carbons (Fsp3) is 0.200. The molecule has 174 valence electrons. The Morgan fingerprint density at radius 3 is 2.53 bits per heavy atom. The number of nitrogens with zero attached hydrogens (tertiary/aromatic N) is 2. The summed E-state index contributed by atoms with van der Waals surface area (Å²) in [5, 5.41) is 10.5. The number of H-pyrrole nitrogens is 1. The van der Waals surface area contributed by atoms with Crippen molar-refractivity contribution in [2.24, 2.45) is 0 Å². The van der Waals surface area contributed by atoms with E-state index < -0.39 is 11.6 Å². The first kappa shape index (κ1) is 22.8. The van der Waals surface area contributed by atoms with Crippen molar-refractivity contribution in [1.82, 2.24) is 15.2 Å². The first-order valence-electron chi connectivity index (χ1n) is 10.7. The number of aromatic amines is 1. The first-order valence-corrected chi connectivity index (χ1v) is 10.7. The topological polar surface area (TPSA) is 149 Å². The van der Waals surface area contributed by atoms with Gasteiger partial charge >= 0.3 is 5.97 Å². The number of carbonyl (C=O) groups excluding carboxylic acids is 2. The SMILES string of the molecule is CC(C)(C)OC(=O)c1ccc(CC(=O)Nc2cc(-c3ccc4[nH]nc(N)c4c3)ccn2)c(N)c1. The summed E-state index contributed by atoms with van der Waals surface area (Å²) in [5.74, 6) is 0.0869. The van der Waals surface area contributed by atoms with Crippen molar-refractivity contribution in [1.29, 1.82) is 0 Å². The number of anilines is 3. The number of pyridine rings is 1. The number of rotatable bonds is 5. The Morgan fingerprint density at radius 1 is 1.03 bits per heavy atom. The van der Waals surface area contributed by atoms with Crippen LogP contribution in [0.3, 0.4) is 0 Å². The van der Waals surface area contributed by atoms with Crippen LogP contribution in [0.25, 0.3) is 22.0 Å². The first-order chi connectivity index (χ1) is 16.1. The monoisotopic (exact) mass is 458 g/mol. The van der Waals surface area contributed by atoms with Gasteiger partial charge in [-0.25, -0.2) is 9.78 Å². The molecule has 0 fully saturated rings. The number of hydrogen-bond acceptors (Lipinski definition) is 7. The van der Waals surface area contributed by atoms with Crippen LogP contribution in [-0.2, 0) is 16.0 Å². The van der Waals surface area contributed by atoms with E-state index in [1.165, 1.54) is 6.07 Å². The third-order valence-electron chi connectivity index (χ3n) is 5.08. The van der Waals surface area contributed by atoms with Crippen molar-refractivity contribution in [2.75, 3.05) is 16.8 Å². The Morgan fingerprint density at radius 2 is 1.79 bits per heavy atom. The summed E-state index contributed by atoms with van der Waals surface area (Å²) in [6.45, 7) is 5.38. The zero-order valence-electron chi connectivity index (χ0n) is 19.2. The van der Waals surface area contributed by atoms with Crippen molar-refractivity contribution in [3.05, 3.63) is 65.9 Å². The molecule has 0 saturated heterocycles. The molecule has 0 saturated carbocycles. The molecule has 9 heteroatoms. The van der Waals surface area contributed by atoms with Crippen LogP contribution in [0.5, 0.6) is 0 Å². The average Bonchev–Trinajstić information content (AvgIpc) is 3.14. The molecule has 0 unspecified atom stereocenters. The lowest BCUT2D eigenvalue weighted by Crippen LogP contribution is -2.24. The van der Waals surface area contributed by atoms with Crippen LogP contribution in [0.1, 0.15) is 36.7 Å². The second-order valence-corrected chi connectivity index (χ2v) is 8.94. The standard InChI is InChI=1S/C25H26N6O3/c1-25(2,3)34-24(33)17-5-4-16(19(26)11-17)13-22(32)29-21-12-15(8-9-28-21)14-6-7-20-18(10-14)23(27)31-30-20/h4-12H,13,26H2,1-3H3,(H3,27,30,31)(H,28,29,32). The number of carbonyl (C=O) groups is 2. The summed E-state index contributed by atoms with van der Waals surface area (Å²) in [6, 6.07) is 14.2. The highest BCUT2D eigenvalue weighted by Crippen LogP contribution is 2.27. The molecule has 0 spiro atoms.